The Morgan fingerprint density at radius 2 is 1.76 bits per heavy atom. The van der Waals surface area contributed by atoms with Crippen LogP contribution in [-0.2, 0) is 11.2 Å². The van der Waals surface area contributed by atoms with Gasteiger partial charge < -0.3 is 14.2 Å². The maximum absolute atomic E-state index is 13.8. The second-order valence-corrected chi connectivity index (χ2v) is 9.20. The smallest absolute Gasteiger partial charge is 0.339 e. The Morgan fingerprint density at radius 1 is 1.00 bits per heavy atom. The highest BCUT2D eigenvalue weighted by Gasteiger charge is 2.28. The highest BCUT2D eigenvalue weighted by Crippen LogP contribution is 2.39. The lowest BCUT2D eigenvalue weighted by molar-refractivity contribution is 0.0449. The molecule has 188 valence electrons. The highest BCUT2D eigenvalue weighted by molar-refractivity contribution is 6.06. The number of ether oxygens (including phenoxy) is 3. The van der Waals surface area contributed by atoms with Gasteiger partial charge in [-0.1, -0.05) is 49.4 Å². The number of rotatable bonds is 7. The number of halogens is 1. The van der Waals surface area contributed by atoms with Crippen LogP contribution in [0.3, 0.4) is 0 Å². The van der Waals surface area contributed by atoms with E-state index < -0.39 is 11.8 Å². The van der Waals surface area contributed by atoms with Crippen molar-refractivity contribution in [2.24, 2.45) is 5.92 Å². The van der Waals surface area contributed by atoms with Gasteiger partial charge in [0, 0.05) is 5.39 Å². The first-order valence-corrected chi connectivity index (χ1v) is 12.3. The molecule has 1 aliphatic carbocycles. The molecule has 5 nitrogen and oxygen atoms in total. The van der Waals surface area contributed by atoms with Gasteiger partial charge in [0.2, 0.25) is 0 Å². The van der Waals surface area contributed by atoms with E-state index in [1.807, 2.05) is 48.5 Å². The molecule has 1 aliphatic rings. The van der Waals surface area contributed by atoms with Crippen molar-refractivity contribution < 1.29 is 23.4 Å². The van der Waals surface area contributed by atoms with E-state index >= 15 is 0 Å². The Hall–Kier alpha value is -4.19. The summed E-state index contributed by atoms with van der Waals surface area (Å²) in [6.07, 6.45) is 3.71. The molecule has 0 aliphatic heterocycles. The van der Waals surface area contributed by atoms with Gasteiger partial charge in [-0.2, -0.15) is 0 Å². The zero-order valence-electron chi connectivity index (χ0n) is 20.9. The largest absolute Gasteiger partial charge is 0.497 e. The number of allylic oxidation sites excluding steroid dienone is 1. The summed E-state index contributed by atoms with van der Waals surface area (Å²) >= 11 is 0. The van der Waals surface area contributed by atoms with Crippen molar-refractivity contribution in [1.82, 2.24) is 4.98 Å². The van der Waals surface area contributed by atoms with E-state index in [0.717, 1.165) is 51.9 Å². The Bertz CT molecular complexity index is 1460. The number of carbonyl (C=O) groups excluding carboxylic acids is 1. The van der Waals surface area contributed by atoms with E-state index in [1.54, 1.807) is 25.3 Å². The standard InChI is InChI=1S/C31H28FNO4/c1-20-17-22(19-21-11-13-23(35-2)14-12-21)30-25(18-20)29(24-7-3-5-9-27(24)33-30)31(34)37-16-15-36-28-10-6-4-8-26(28)32/h3-14,19-20H,15-18H2,1-2H3. The minimum atomic E-state index is -0.451. The third-order valence-corrected chi connectivity index (χ3v) is 6.49. The molecule has 6 heteroatoms. The number of benzene rings is 3. The number of methoxy groups -OCH3 is 1. The number of carbonyl (C=O) groups is 1. The number of pyridine rings is 1. The lowest BCUT2D eigenvalue weighted by Crippen LogP contribution is -2.20. The third kappa shape index (κ3) is 5.33. The average Bonchev–Trinajstić information content (AvgIpc) is 2.91. The molecule has 0 spiro atoms. The summed E-state index contributed by atoms with van der Waals surface area (Å²) in [6, 6.07) is 21.7. The number of hydrogen-bond donors (Lipinski definition) is 0. The maximum Gasteiger partial charge on any atom is 0.339 e. The quantitative estimate of drug-likeness (QED) is 0.209. The van der Waals surface area contributed by atoms with Crippen LogP contribution < -0.4 is 9.47 Å². The van der Waals surface area contributed by atoms with E-state index in [0.29, 0.717) is 11.5 Å². The lowest BCUT2D eigenvalue weighted by Gasteiger charge is -2.26. The fourth-order valence-corrected chi connectivity index (χ4v) is 4.79. The second kappa shape index (κ2) is 10.8. The summed E-state index contributed by atoms with van der Waals surface area (Å²) in [6.45, 7) is 2.23. The average molecular weight is 498 g/mol. The van der Waals surface area contributed by atoms with Crippen molar-refractivity contribution in [1.29, 1.82) is 0 Å². The number of hydrogen-bond acceptors (Lipinski definition) is 5. The summed E-state index contributed by atoms with van der Waals surface area (Å²) in [5.74, 6) is 0.383. The van der Waals surface area contributed by atoms with E-state index in [-0.39, 0.29) is 19.0 Å². The van der Waals surface area contributed by atoms with Gasteiger partial charge in [0.05, 0.1) is 23.9 Å². The van der Waals surface area contributed by atoms with Crippen LogP contribution in [0.25, 0.3) is 22.6 Å². The number of esters is 1. The first-order chi connectivity index (χ1) is 18.0. The van der Waals surface area contributed by atoms with Gasteiger partial charge in [0.15, 0.2) is 11.6 Å². The van der Waals surface area contributed by atoms with Crippen molar-refractivity contribution in [3.63, 3.8) is 0 Å². The van der Waals surface area contributed by atoms with E-state index in [2.05, 4.69) is 13.0 Å². The molecule has 1 aromatic heterocycles. The molecule has 0 N–H and O–H groups in total. The molecule has 0 bridgehead atoms. The molecular weight excluding hydrogens is 469 g/mol. The van der Waals surface area contributed by atoms with Crippen LogP contribution >= 0.6 is 0 Å². The van der Waals surface area contributed by atoms with Gasteiger partial charge in [-0.15, -0.1) is 0 Å². The van der Waals surface area contributed by atoms with Crippen LogP contribution in [0.1, 0.15) is 40.5 Å². The molecule has 0 amide bonds. The Balaban J connectivity index is 1.46. The topological polar surface area (TPSA) is 57.7 Å². The van der Waals surface area contributed by atoms with Crippen molar-refractivity contribution in [3.05, 3.63) is 101 Å². The fourth-order valence-electron chi connectivity index (χ4n) is 4.79. The molecule has 1 unspecified atom stereocenters. The summed E-state index contributed by atoms with van der Waals surface area (Å²) in [7, 11) is 1.65. The third-order valence-electron chi connectivity index (χ3n) is 6.49. The minimum Gasteiger partial charge on any atom is -0.497 e. The molecule has 1 heterocycles. The van der Waals surface area contributed by atoms with Crippen LogP contribution in [0.15, 0.2) is 72.8 Å². The second-order valence-electron chi connectivity index (χ2n) is 9.20. The van der Waals surface area contributed by atoms with Gasteiger partial charge in [0.1, 0.15) is 19.0 Å². The van der Waals surface area contributed by atoms with Crippen molar-refractivity contribution >= 4 is 28.5 Å². The summed E-state index contributed by atoms with van der Waals surface area (Å²) in [5.41, 5.74) is 5.14. The molecule has 4 aromatic rings. The lowest BCUT2D eigenvalue weighted by atomic mass is 9.80. The maximum atomic E-state index is 13.8. The van der Waals surface area contributed by atoms with Crippen LogP contribution in [0.2, 0.25) is 0 Å². The van der Waals surface area contributed by atoms with Crippen molar-refractivity contribution in [3.8, 4) is 11.5 Å². The minimum absolute atomic E-state index is 0.00267. The molecule has 5 rings (SSSR count). The highest BCUT2D eigenvalue weighted by atomic mass is 19.1. The van der Waals surface area contributed by atoms with Gasteiger partial charge in [0.25, 0.3) is 0 Å². The number of aromatic nitrogens is 1. The van der Waals surface area contributed by atoms with Crippen LogP contribution in [0.5, 0.6) is 11.5 Å². The van der Waals surface area contributed by atoms with E-state index in [9.17, 15) is 9.18 Å². The van der Waals surface area contributed by atoms with E-state index in [4.69, 9.17) is 19.2 Å². The number of fused-ring (bicyclic) bond motifs is 2. The Labute approximate surface area is 215 Å². The molecule has 0 saturated carbocycles. The molecule has 0 saturated heterocycles. The molecule has 37 heavy (non-hydrogen) atoms. The van der Waals surface area contributed by atoms with Crippen LogP contribution in [0, 0.1) is 11.7 Å². The van der Waals surface area contributed by atoms with Crippen LogP contribution in [-0.4, -0.2) is 31.3 Å². The SMILES string of the molecule is COc1ccc(C=C2CC(C)Cc3c2nc2ccccc2c3C(=O)OCCOc2ccccc2F)cc1. The Kier molecular flexibility index (Phi) is 7.17. The van der Waals surface area contributed by atoms with Crippen molar-refractivity contribution in [2.45, 2.75) is 19.8 Å². The molecule has 0 radical (unpaired) electrons. The zero-order chi connectivity index (χ0) is 25.8. The van der Waals surface area contributed by atoms with Gasteiger partial charge in [-0.3, -0.25) is 0 Å². The number of para-hydroxylation sites is 2. The van der Waals surface area contributed by atoms with Gasteiger partial charge >= 0.3 is 5.97 Å². The fraction of sp³-hybridized carbons (Fsp3) is 0.226. The normalized spacial score (nSPS) is 15.9. The Morgan fingerprint density at radius 3 is 2.54 bits per heavy atom. The van der Waals surface area contributed by atoms with Crippen LogP contribution in [0.4, 0.5) is 4.39 Å². The predicted molar refractivity (Wildman–Crippen MR) is 142 cm³/mol. The molecule has 0 fully saturated rings. The summed E-state index contributed by atoms with van der Waals surface area (Å²) in [5, 5.41) is 0.763. The summed E-state index contributed by atoms with van der Waals surface area (Å²) < 4.78 is 30.2. The summed E-state index contributed by atoms with van der Waals surface area (Å²) in [4.78, 5) is 18.4. The number of nitrogens with zero attached hydrogens (tertiary/aromatic N) is 1. The van der Waals surface area contributed by atoms with E-state index in [1.165, 1.54) is 6.07 Å². The molecular formula is C31H28FNO4. The first-order valence-electron chi connectivity index (χ1n) is 12.3. The van der Waals surface area contributed by atoms with Crippen molar-refractivity contribution in [2.75, 3.05) is 20.3 Å². The predicted octanol–water partition coefficient (Wildman–Crippen LogP) is 6.74. The monoisotopic (exact) mass is 497 g/mol. The van der Waals surface area contributed by atoms with Gasteiger partial charge in [-0.25, -0.2) is 14.2 Å². The first kappa shape index (κ1) is 24.5. The molecule has 3 aromatic carbocycles. The molecule has 1 atom stereocenters. The zero-order valence-corrected chi connectivity index (χ0v) is 20.9. The van der Waals surface area contributed by atoms with Gasteiger partial charge in [-0.05, 0) is 71.9 Å².